The predicted molar refractivity (Wildman–Crippen MR) is 103 cm³/mol. The standard InChI is InChI=1S/C19H21N4O2S.Re/c1-13-7-16(11-21-9-13)25-12-14-10-20-5-6-23(14)19-22-17-4-3-15(24-2)8-18(17)26-19;/h3-4,7-8,11,14,20H,5-6,10,12H2,1-2H3;/q-1;. The van der Waals surface area contributed by atoms with Crippen LogP contribution in [-0.4, -0.2) is 49.4 Å². The zero-order valence-electron chi connectivity index (χ0n) is 15.2. The molecule has 3 heterocycles. The maximum absolute atomic E-state index is 5.98. The van der Waals surface area contributed by atoms with Gasteiger partial charge in [0.15, 0.2) is 5.13 Å². The number of aromatic nitrogens is 2. The van der Waals surface area contributed by atoms with Gasteiger partial charge in [0.05, 0.1) is 23.4 Å². The predicted octanol–water partition coefficient (Wildman–Crippen LogP) is 2.66. The molecule has 8 heteroatoms. The average molecular weight is 556 g/mol. The summed E-state index contributed by atoms with van der Waals surface area (Å²) in [5.74, 6) is 1.64. The molecule has 1 N–H and O–H groups in total. The van der Waals surface area contributed by atoms with Crippen LogP contribution >= 0.6 is 11.3 Å². The minimum absolute atomic E-state index is 0. The molecule has 1 atom stereocenters. The molecule has 143 valence electrons. The van der Waals surface area contributed by atoms with Crippen molar-refractivity contribution < 1.29 is 29.9 Å². The number of hydrogen-bond donors (Lipinski definition) is 1. The van der Waals surface area contributed by atoms with Gasteiger partial charge in [0.1, 0.15) is 12.4 Å². The van der Waals surface area contributed by atoms with Gasteiger partial charge in [-0.2, -0.15) is 0 Å². The molecule has 6 nitrogen and oxygen atoms in total. The molecule has 1 radical (unpaired) electrons. The Bertz CT molecular complexity index is 904. The van der Waals surface area contributed by atoms with Crippen LogP contribution in [0.2, 0.25) is 0 Å². The Kier molecular flexibility index (Phi) is 6.66. The fourth-order valence-corrected chi connectivity index (χ4v) is 4.15. The number of thiazole rings is 1. The monoisotopic (exact) mass is 556 g/mol. The van der Waals surface area contributed by atoms with Gasteiger partial charge in [-0.25, -0.2) is 4.98 Å². The van der Waals surface area contributed by atoms with Gasteiger partial charge in [0, 0.05) is 45.8 Å². The van der Waals surface area contributed by atoms with Crippen LogP contribution in [-0.2, 0) is 20.4 Å². The van der Waals surface area contributed by atoms with E-state index in [1.54, 1.807) is 24.6 Å². The summed E-state index contributed by atoms with van der Waals surface area (Å²) in [5.41, 5.74) is 1.98. The first-order chi connectivity index (χ1) is 12.7. The van der Waals surface area contributed by atoms with E-state index in [1.165, 1.54) is 0 Å². The second-order valence-corrected chi connectivity index (χ2v) is 7.30. The van der Waals surface area contributed by atoms with E-state index in [0.29, 0.717) is 6.61 Å². The van der Waals surface area contributed by atoms with E-state index in [4.69, 9.17) is 14.5 Å². The number of piperazine rings is 1. The van der Waals surface area contributed by atoms with Crippen LogP contribution in [0, 0.1) is 13.1 Å². The van der Waals surface area contributed by atoms with Crippen molar-refractivity contribution in [3.8, 4) is 11.5 Å². The number of pyridine rings is 1. The Balaban J connectivity index is 0.00000210. The summed E-state index contributed by atoms with van der Waals surface area (Å²) in [6.45, 7) is 5.26. The van der Waals surface area contributed by atoms with Crippen LogP contribution in [0.3, 0.4) is 0 Å². The van der Waals surface area contributed by atoms with Crippen molar-refractivity contribution >= 4 is 26.7 Å². The Hall–Kier alpha value is -1.72. The SMILES string of the molecule is COc1ccc2nc(N3CCNCC3COc3cn[c-]c(C)c3)sc2c1.[Re]. The third-order valence-corrected chi connectivity index (χ3v) is 5.47. The van der Waals surface area contributed by atoms with Crippen LogP contribution in [0.4, 0.5) is 5.13 Å². The molecule has 0 saturated carbocycles. The molecule has 0 spiro atoms. The fraction of sp³-hybridized carbons (Fsp3) is 0.368. The molecule has 2 aromatic heterocycles. The Morgan fingerprint density at radius 1 is 1.33 bits per heavy atom. The summed E-state index contributed by atoms with van der Waals surface area (Å²) in [5, 5.41) is 4.47. The topological polar surface area (TPSA) is 59.5 Å². The van der Waals surface area contributed by atoms with Crippen molar-refractivity contribution in [3.05, 3.63) is 42.2 Å². The molecule has 1 unspecified atom stereocenters. The number of nitrogens with one attached hydrogen (secondary N) is 1. The van der Waals surface area contributed by atoms with Crippen molar-refractivity contribution in [2.24, 2.45) is 0 Å². The molecular weight excluding hydrogens is 535 g/mol. The van der Waals surface area contributed by atoms with Gasteiger partial charge in [0.25, 0.3) is 0 Å². The number of rotatable bonds is 5. The van der Waals surface area contributed by atoms with Crippen molar-refractivity contribution in [2.45, 2.75) is 13.0 Å². The summed E-state index contributed by atoms with van der Waals surface area (Å²) in [7, 11) is 1.69. The number of anilines is 1. The van der Waals surface area contributed by atoms with Crippen molar-refractivity contribution in [3.63, 3.8) is 0 Å². The summed E-state index contributed by atoms with van der Waals surface area (Å²) in [4.78, 5) is 11.2. The van der Waals surface area contributed by atoms with Gasteiger partial charge < -0.3 is 24.7 Å². The normalized spacial score (nSPS) is 16.8. The molecule has 3 aromatic rings. The van der Waals surface area contributed by atoms with Gasteiger partial charge in [0.2, 0.25) is 0 Å². The Labute approximate surface area is 176 Å². The van der Waals surface area contributed by atoms with Crippen molar-refractivity contribution in [1.29, 1.82) is 0 Å². The number of aryl methyl sites for hydroxylation is 1. The molecule has 1 aliphatic heterocycles. The van der Waals surface area contributed by atoms with Gasteiger partial charge in [-0.05, 0) is 24.4 Å². The second-order valence-electron chi connectivity index (χ2n) is 6.29. The molecule has 0 amide bonds. The van der Waals surface area contributed by atoms with Gasteiger partial charge in [-0.3, -0.25) is 0 Å². The quantitative estimate of drug-likeness (QED) is 0.489. The van der Waals surface area contributed by atoms with Crippen LogP contribution < -0.4 is 19.7 Å². The molecule has 1 saturated heterocycles. The van der Waals surface area contributed by atoms with E-state index < -0.39 is 0 Å². The van der Waals surface area contributed by atoms with E-state index in [9.17, 15) is 0 Å². The van der Waals surface area contributed by atoms with E-state index in [-0.39, 0.29) is 26.5 Å². The van der Waals surface area contributed by atoms with Crippen LogP contribution in [0.5, 0.6) is 11.5 Å². The smallest absolute Gasteiger partial charge is 0.186 e. The maximum Gasteiger partial charge on any atom is 0.186 e. The first-order valence-corrected chi connectivity index (χ1v) is 9.43. The Morgan fingerprint density at radius 2 is 2.22 bits per heavy atom. The molecule has 1 aliphatic rings. The molecule has 0 bridgehead atoms. The van der Waals surface area contributed by atoms with Gasteiger partial charge >= 0.3 is 0 Å². The number of hydrogen-bond acceptors (Lipinski definition) is 7. The van der Waals surface area contributed by atoms with Gasteiger partial charge in [-0.1, -0.05) is 24.5 Å². The Morgan fingerprint density at radius 3 is 3.04 bits per heavy atom. The van der Waals surface area contributed by atoms with Crippen LogP contribution in [0.25, 0.3) is 10.2 Å². The summed E-state index contributed by atoms with van der Waals surface area (Å²) < 4.78 is 12.4. The van der Waals surface area contributed by atoms with Gasteiger partial charge in [-0.15, -0.1) is 11.6 Å². The number of benzene rings is 1. The van der Waals surface area contributed by atoms with Crippen LogP contribution in [0.15, 0.2) is 30.5 Å². The second kappa shape index (κ2) is 8.98. The molecule has 0 aliphatic carbocycles. The third kappa shape index (κ3) is 4.58. The maximum atomic E-state index is 5.98. The van der Waals surface area contributed by atoms with E-state index in [0.717, 1.165) is 52.0 Å². The van der Waals surface area contributed by atoms with E-state index >= 15 is 0 Å². The van der Waals surface area contributed by atoms with E-state index in [2.05, 4.69) is 21.4 Å². The first-order valence-electron chi connectivity index (χ1n) is 8.62. The summed E-state index contributed by atoms with van der Waals surface area (Å²) in [6.07, 6.45) is 4.60. The molecule has 4 rings (SSSR count). The summed E-state index contributed by atoms with van der Waals surface area (Å²) in [6, 6.07) is 8.18. The summed E-state index contributed by atoms with van der Waals surface area (Å²) >= 11 is 1.70. The largest absolute Gasteiger partial charge is 0.515 e. The first kappa shape index (κ1) is 20.0. The number of nitrogens with zero attached hydrogens (tertiary/aromatic N) is 3. The molecule has 1 aromatic carbocycles. The fourth-order valence-electron chi connectivity index (χ4n) is 3.06. The molecule has 1 fully saturated rings. The zero-order valence-corrected chi connectivity index (χ0v) is 18.8. The average Bonchev–Trinajstić information content (AvgIpc) is 3.09. The molecule has 27 heavy (non-hydrogen) atoms. The zero-order chi connectivity index (χ0) is 17.9. The van der Waals surface area contributed by atoms with Crippen LogP contribution in [0.1, 0.15) is 5.56 Å². The number of methoxy groups -OCH3 is 1. The van der Waals surface area contributed by atoms with E-state index in [1.807, 2.05) is 31.2 Å². The minimum Gasteiger partial charge on any atom is -0.515 e. The third-order valence-electron chi connectivity index (χ3n) is 4.41. The number of ether oxygens (including phenoxy) is 2. The van der Waals surface area contributed by atoms with Crippen molar-refractivity contribution in [1.82, 2.24) is 15.3 Å². The minimum atomic E-state index is 0. The molecular formula is C19H21N4O2ReS-. The number of fused-ring (bicyclic) bond motifs is 1. The van der Waals surface area contributed by atoms with Crippen molar-refractivity contribution in [2.75, 3.05) is 38.3 Å².